The number of aliphatic hydroxyl groups is 2. The van der Waals surface area contributed by atoms with E-state index in [1.165, 1.54) is 12.0 Å². The number of hydroxylamine groups is 1. The molecule has 2 N–H and O–H groups in total. The summed E-state index contributed by atoms with van der Waals surface area (Å²) in [7, 11) is 4.56. The molecule has 0 aromatic heterocycles. The van der Waals surface area contributed by atoms with Crippen LogP contribution in [0.25, 0.3) is 0 Å². The number of carbonyl (C=O) groups excluding carboxylic acids is 5. The number of para-hydroxylation sites is 1. The first kappa shape index (κ1) is 60.7. The number of hydrogen-bond donors (Lipinski definition) is 2. The van der Waals surface area contributed by atoms with Crippen molar-refractivity contribution in [3.05, 3.63) is 63.7 Å². The van der Waals surface area contributed by atoms with Crippen LogP contribution in [-0.4, -0.2) is 139 Å². The zero-order valence-corrected chi connectivity index (χ0v) is 47.5. The van der Waals surface area contributed by atoms with Gasteiger partial charge in [0, 0.05) is 52.6 Å². The number of amides is 1. The predicted octanol–water partition coefficient (Wildman–Crippen LogP) is 9.19. The first-order chi connectivity index (χ1) is 35.5. The third kappa shape index (κ3) is 14.4. The highest BCUT2D eigenvalue weighted by atomic mass is 35.5. The molecule has 75 heavy (non-hydrogen) atoms. The summed E-state index contributed by atoms with van der Waals surface area (Å²) in [5, 5.41) is 24.8. The van der Waals surface area contributed by atoms with Crippen molar-refractivity contribution in [3.8, 4) is 0 Å². The number of halogens is 2. The Labute approximate surface area is 454 Å². The predicted molar refractivity (Wildman–Crippen MR) is 287 cm³/mol. The van der Waals surface area contributed by atoms with Crippen LogP contribution in [0.1, 0.15) is 132 Å². The van der Waals surface area contributed by atoms with Gasteiger partial charge in [-0.15, -0.1) is 0 Å². The van der Waals surface area contributed by atoms with Gasteiger partial charge in [-0.2, -0.15) is 0 Å². The fourth-order valence-electron chi connectivity index (χ4n) is 12.1. The number of carbonyl (C=O) groups is 5. The van der Waals surface area contributed by atoms with E-state index in [1.54, 1.807) is 71.3 Å². The Hall–Kier alpha value is -3.51. The van der Waals surface area contributed by atoms with E-state index in [9.17, 15) is 34.2 Å². The molecule has 17 atom stereocenters. The Morgan fingerprint density at radius 2 is 1.55 bits per heavy atom. The summed E-state index contributed by atoms with van der Waals surface area (Å²) in [6, 6.07) is 3.71. The number of nitrogens with zero attached hydrogens (tertiary/aromatic N) is 2. The van der Waals surface area contributed by atoms with Crippen LogP contribution in [-0.2, 0) is 52.5 Å². The lowest BCUT2D eigenvalue weighted by atomic mass is 9.78. The van der Waals surface area contributed by atoms with Crippen LogP contribution in [0.2, 0.25) is 10.0 Å². The molecule has 3 unspecified atom stereocenters. The van der Waals surface area contributed by atoms with Crippen LogP contribution < -0.4 is 5.06 Å². The minimum absolute atomic E-state index is 0.117. The highest BCUT2D eigenvalue weighted by molar-refractivity contribution is 6.40. The third-order valence-electron chi connectivity index (χ3n) is 17.1. The second kappa shape index (κ2) is 26.9. The second-order valence-corrected chi connectivity index (χ2v) is 23.4. The van der Waals surface area contributed by atoms with E-state index in [0.29, 0.717) is 79.1 Å². The van der Waals surface area contributed by atoms with E-state index in [-0.39, 0.29) is 60.7 Å². The lowest BCUT2D eigenvalue weighted by Crippen LogP contribution is -2.59. The standard InChI is InChI=1S/C58H84Cl2N2O13/c1-32-25-36(5)52(65)54(72-11)53(66)37(6)26-33(2)47(64)31-49(34(3)27-39-19-23-46(63)50(29-39)71-10)73-57(69)45-17-12-13-24-61(45)56(68)55(67)58(8)38(7)18-20-40(74-58)30-48(70-9)35(4)28-41-21-22-44(32)62(75-41)51-42(59)15-14-16-43(51)60/h14-16,21-22,26,28,32-34,36,38-41,44-46,48-50,53-54,63,66H,12-13,17-20,23-25,27,29-31H2,1-11H3/b35-28?,37-26-/t32-,33+,34+,36+,38+,39-,40-,41?,44?,45-,46+,48-,49-,50+,53+,54-,58?/m0/s1. The van der Waals surface area contributed by atoms with Crippen molar-refractivity contribution in [2.24, 2.45) is 35.5 Å². The van der Waals surface area contributed by atoms with E-state index >= 15 is 0 Å². The minimum atomic E-state index is -1.50. The molecule has 15 nitrogen and oxygen atoms in total. The van der Waals surface area contributed by atoms with Gasteiger partial charge in [-0.3, -0.25) is 24.0 Å². The minimum Gasteiger partial charge on any atom is -0.460 e. The zero-order valence-electron chi connectivity index (χ0n) is 46.0. The van der Waals surface area contributed by atoms with E-state index in [2.05, 4.69) is 0 Å². The number of piperidine rings is 1. The number of hydrogen-bond acceptors (Lipinski definition) is 14. The largest absolute Gasteiger partial charge is 0.460 e. The first-order valence-electron chi connectivity index (χ1n) is 27.2. The molecule has 1 amide bonds. The molecule has 1 aromatic carbocycles. The van der Waals surface area contributed by atoms with Crippen molar-refractivity contribution in [1.82, 2.24) is 4.90 Å². The smallest absolute Gasteiger partial charge is 0.329 e. The molecular formula is C58H84Cl2N2O13. The van der Waals surface area contributed by atoms with Gasteiger partial charge in [-0.1, -0.05) is 82.1 Å². The Balaban J connectivity index is 1.37. The summed E-state index contributed by atoms with van der Waals surface area (Å²) in [5.74, 6) is -4.94. The summed E-state index contributed by atoms with van der Waals surface area (Å²) in [6.07, 6.45) is 7.24. The molecule has 0 spiro atoms. The van der Waals surface area contributed by atoms with E-state index in [4.69, 9.17) is 51.7 Å². The van der Waals surface area contributed by atoms with Crippen molar-refractivity contribution in [1.29, 1.82) is 0 Å². The van der Waals surface area contributed by atoms with Gasteiger partial charge in [-0.05, 0) is 138 Å². The molecule has 2 saturated heterocycles. The molecule has 17 heteroatoms. The lowest BCUT2D eigenvalue weighted by molar-refractivity contribution is -0.184. The van der Waals surface area contributed by atoms with Crippen molar-refractivity contribution >= 4 is 58.1 Å². The lowest BCUT2D eigenvalue weighted by Gasteiger charge is -2.44. The molecule has 1 aliphatic carbocycles. The Kier molecular flexibility index (Phi) is 21.8. The maximum atomic E-state index is 14.7. The molecular weight excluding hydrogens is 1000 g/mol. The number of methoxy groups -OCH3 is 3. The van der Waals surface area contributed by atoms with Gasteiger partial charge in [0.25, 0.3) is 11.7 Å². The second-order valence-electron chi connectivity index (χ2n) is 22.6. The van der Waals surface area contributed by atoms with Crippen molar-refractivity contribution in [2.45, 2.75) is 199 Å². The number of benzene rings is 1. The Morgan fingerprint density at radius 1 is 0.840 bits per heavy atom. The fourth-order valence-corrected chi connectivity index (χ4v) is 12.7. The van der Waals surface area contributed by atoms with Gasteiger partial charge in [0.2, 0.25) is 0 Å². The van der Waals surface area contributed by atoms with Gasteiger partial charge in [-0.25, -0.2) is 9.86 Å². The highest BCUT2D eigenvalue weighted by Gasteiger charge is 2.51. The van der Waals surface area contributed by atoms with E-state index < -0.39 is 89.9 Å². The van der Waals surface area contributed by atoms with E-state index in [1.807, 2.05) is 45.9 Å². The van der Waals surface area contributed by atoms with Gasteiger partial charge < -0.3 is 38.8 Å². The first-order valence-corrected chi connectivity index (χ1v) is 28.0. The summed E-state index contributed by atoms with van der Waals surface area (Å²) in [5.41, 5.74) is 0.156. The number of anilines is 1. The molecule has 7 rings (SSSR count). The molecule has 1 aromatic rings. The number of allylic oxidation sites excluding steroid dienone is 1. The maximum absolute atomic E-state index is 14.7. The van der Waals surface area contributed by atoms with Crippen LogP contribution in [0.15, 0.2) is 53.6 Å². The third-order valence-corrected chi connectivity index (χ3v) is 17.7. The average molecular weight is 1090 g/mol. The molecule has 4 bridgehead atoms. The normalized spacial score (nSPS) is 37.9. The van der Waals surface area contributed by atoms with Crippen LogP contribution in [0.4, 0.5) is 5.69 Å². The summed E-state index contributed by atoms with van der Waals surface area (Å²) in [4.78, 5) is 80.6. The molecule has 6 aliphatic rings. The van der Waals surface area contributed by atoms with Crippen molar-refractivity contribution < 1.29 is 62.7 Å². The van der Waals surface area contributed by atoms with Gasteiger partial charge in [0.15, 0.2) is 5.78 Å². The number of ketones is 3. The average Bonchev–Trinajstić information content (AvgIpc) is 3.38. The topological polar surface area (TPSA) is 188 Å². The fraction of sp³-hybridized carbons (Fsp3) is 0.707. The number of aliphatic hydroxyl groups excluding tert-OH is 2. The quantitative estimate of drug-likeness (QED) is 0.149. The van der Waals surface area contributed by atoms with Crippen molar-refractivity contribution in [2.75, 3.05) is 32.9 Å². The summed E-state index contributed by atoms with van der Waals surface area (Å²) in [6.45, 7) is 14.8. The molecule has 0 radical (unpaired) electrons. The molecule has 3 fully saturated rings. The number of Topliss-reactive ketones (excluding diaryl/α,β-unsaturated/α-hetero) is 3. The van der Waals surface area contributed by atoms with Crippen molar-refractivity contribution in [3.63, 3.8) is 0 Å². The maximum Gasteiger partial charge on any atom is 0.329 e. The molecule has 5 aliphatic heterocycles. The van der Waals surface area contributed by atoms with Gasteiger partial charge in [0.1, 0.15) is 47.5 Å². The van der Waals surface area contributed by atoms with Gasteiger partial charge in [0.05, 0.1) is 40.5 Å². The van der Waals surface area contributed by atoms with E-state index in [0.717, 1.165) is 12.0 Å². The number of ether oxygens (including phenoxy) is 5. The molecule has 1 saturated carbocycles. The van der Waals surface area contributed by atoms with Crippen LogP contribution in [0, 0.1) is 35.5 Å². The molecule has 418 valence electrons. The Morgan fingerprint density at radius 3 is 2.21 bits per heavy atom. The summed E-state index contributed by atoms with van der Waals surface area (Å²) < 4.78 is 30.5. The van der Waals surface area contributed by atoms with Crippen LogP contribution in [0.3, 0.4) is 0 Å². The molecule has 5 heterocycles. The van der Waals surface area contributed by atoms with Crippen LogP contribution >= 0.6 is 23.2 Å². The highest BCUT2D eigenvalue weighted by Crippen LogP contribution is 2.42. The van der Waals surface area contributed by atoms with Crippen LogP contribution in [0.5, 0.6) is 0 Å². The Bertz CT molecular complexity index is 2250. The number of esters is 1. The zero-order chi connectivity index (χ0) is 55.1. The number of rotatable bonds is 7. The number of fused-ring (bicyclic) bond motifs is 16. The summed E-state index contributed by atoms with van der Waals surface area (Å²) >= 11 is 13.7. The SMILES string of the molecule is CO[C@H]1C[C@@H]2CC[C@@H](C)C(C)(O2)C(=O)C(=O)N2CCCC[C@H]2C(=O)O[C@H]([C@H](C)C[C@@H]2CC[C@@H](O)[C@H](OC)C2)CC(=O)[C@H](C)/C=C(/C)[C@@H](O)[C@@H](OC)C(=O)[C@H](C)C[C@H](C)C2C=CC(C=C1C)ON2c1c(Cl)cccc1Cl. The van der Waals surface area contributed by atoms with Gasteiger partial charge >= 0.3 is 5.97 Å². The monoisotopic (exact) mass is 1090 g/mol.